The zero-order valence-electron chi connectivity index (χ0n) is 27.7. The first-order valence-electron chi connectivity index (χ1n) is 17.9. The molecule has 0 radical (unpaired) electrons. The van der Waals surface area contributed by atoms with E-state index in [0.29, 0.717) is 24.5 Å². The molecule has 2 unspecified atom stereocenters. The van der Waals surface area contributed by atoms with Crippen LogP contribution in [0, 0.1) is 0 Å². The van der Waals surface area contributed by atoms with Crippen LogP contribution in [0.4, 0.5) is 0 Å². The molecule has 0 amide bonds. The Morgan fingerprint density at radius 1 is 0.659 bits per heavy atom. The van der Waals surface area contributed by atoms with Gasteiger partial charge in [-0.1, -0.05) is 24.9 Å². The van der Waals surface area contributed by atoms with Crippen LogP contribution in [0.1, 0.15) is 113 Å². The van der Waals surface area contributed by atoms with Gasteiger partial charge < -0.3 is 0 Å². The van der Waals surface area contributed by atoms with Gasteiger partial charge in [-0.05, 0) is 0 Å². The molecule has 0 N–H and O–H groups in total. The SMILES string of the molecule is C1CC[SiH2]C1.CCC[CH2][Hf][C](CCC)(C1C(CC)=Cc2c1ccc1ccccc21)C1C(CC)=Cc2c1ccc1ccccc21. The van der Waals surface area contributed by atoms with Crippen LogP contribution in [0.3, 0.4) is 0 Å². The molecular formula is C42H52HfSi. The van der Waals surface area contributed by atoms with Crippen molar-refractivity contribution >= 4 is 43.2 Å². The first-order chi connectivity index (χ1) is 21.7. The van der Waals surface area contributed by atoms with E-state index in [4.69, 9.17) is 0 Å². The number of allylic oxidation sites excluding steroid dienone is 2. The number of unbranched alkanes of at least 4 members (excludes halogenated alkanes) is 1. The van der Waals surface area contributed by atoms with Crippen molar-refractivity contribution in [3.63, 3.8) is 0 Å². The topological polar surface area (TPSA) is 0 Å². The Kier molecular flexibility index (Phi) is 10.6. The third-order valence-corrected chi connectivity index (χ3v) is 20.3. The van der Waals surface area contributed by atoms with Gasteiger partial charge in [-0.3, -0.25) is 0 Å². The first-order valence-corrected chi connectivity index (χ1v) is 24.2. The molecule has 3 aliphatic rings. The second-order valence-corrected chi connectivity index (χ2v) is 22.0. The second kappa shape index (κ2) is 14.6. The average Bonchev–Trinajstić information content (AvgIpc) is 3.84. The van der Waals surface area contributed by atoms with Crippen molar-refractivity contribution < 1.29 is 22.9 Å². The fraction of sp³-hybridized carbons (Fsp3) is 0.429. The van der Waals surface area contributed by atoms with Crippen molar-refractivity contribution in [2.45, 2.75) is 110 Å². The number of hydrogen-bond donors (Lipinski definition) is 0. The van der Waals surface area contributed by atoms with Crippen molar-refractivity contribution in [2.75, 3.05) is 0 Å². The fourth-order valence-corrected chi connectivity index (χ4v) is 19.6. The van der Waals surface area contributed by atoms with Crippen LogP contribution in [-0.2, 0) is 22.9 Å². The van der Waals surface area contributed by atoms with E-state index in [1.54, 1.807) is 47.2 Å². The summed E-state index contributed by atoms with van der Waals surface area (Å²) < 4.78 is 1.87. The summed E-state index contributed by atoms with van der Waals surface area (Å²) in [4.78, 5) is 0. The second-order valence-electron chi connectivity index (χ2n) is 13.4. The summed E-state index contributed by atoms with van der Waals surface area (Å²) in [6.45, 7) is 9.66. The molecule has 1 aliphatic heterocycles. The summed E-state index contributed by atoms with van der Waals surface area (Å²) in [6.07, 6.45) is 16.0. The summed E-state index contributed by atoms with van der Waals surface area (Å²) in [5.41, 5.74) is 9.70. The minimum atomic E-state index is -1.09. The molecule has 1 fully saturated rings. The molecule has 0 nitrogen and oxygen atoms in total. The Morgan fingerprint density at radius 2 is 1.18 bits per heavy atom. The van der Waals surface area contributed by atoms with E-state index in [9.17, 15) is 0 Å². The van der Waals surface area contributed by atoms with E-state index in [0.717, 1.165) is 12.8 Å². The van der Waals surface area contributed by atoms with E-state index in [1.165, 1.54) is 62.5 Å². The van der Waals surface area contributed by atoms with E-state index in [2.05, 4.69) is 113 Å². The molecule has 0 bridgehead atoms. The van der Waals surface area contributed by atoms with Crippen molar-refractivity contribution in [3.8, 4) is 0 Å². The summed E-state index contributed by atoms with van der Waals surface area (Å²) in [7, 11) is 0.543. The van der Waals surface area contributed by atoms with E-state index < -0.39 is 22.9 Å². The third kappa shape index (κ3) is 5.95. The maximum absolute atomic E-state index is 2.63. The van der Waals surface area contributed by atoms with Gasteiger partial charge in [0, 0.05) is 9.52 Å². The van der Waals surface area contributed by atoms with E-state index in [-0.39, 0.29) is 0 Å². The number of rotatable bonds is 10. The van der Waals surface area contributed by atoms with Crippen molar-refractivity contribution in [3.05, 3.63) is 106 Å². The molecule has 0 spiro atoms. The van der Waals surface area contributed by atoms with Crippen molar-refractivity contribution in [2.24, 2.45) is 0 Å². The summed E-state index contributed by atoms with van der Waals surface area (Å²) >= 11 is -1.09. The van der Waals surface area contributed by atoms with Crippen LogP contribution in [0.2, 0.25) is 19.4 Å². The predicted molar refractivity (Wildman–Crippen MR) is 195 cm³/mol. The molecule has 228 valence electrons. The predicted octanol–water partition coefficient (Wildman–Crippen LogP) is 12.5. The standard InChI is InChI=1S/C34H33.C4H10Si.C4H9.Hf/c1-4-11-30(33-22(5-2)20-31-26-14-9-7-12-24(26)16-18-28(31)33)34-23(6-3)21-32-27-15-10-8-13-25(27)17-19-29(32)34;1-2-4-5-3-1;1-3-4-2;/h7-10,12-21,33-34H,4-6,11H2,1-3H3;1-5H2;1,3-4H2,2H3;. The number of fused-ring (bicyclic) bond motifs is 6. The van der Waals surface area contributed by atoms with Gasteiger partial charge in [-0.15, -0.1) is 0 Å². The van der Waals surface area contributed by atoms with Gasteiger partial charge >= 0.3 is 248 Å². The molecular weight excluding hydrogens is 711 g/mol. The fourth-order valence-electron chi connectivity index (χ4n) is 8.76. The molecule has 2 heteroatoms. The third-order valence-electron chi connectivity index (χ3n) is 10.8. The molecule has 2 aliphatic carbocycles. The normalized spacial score (nSPS) is 20.0. The Hall–Kier alpha value is -2.03. The summed E-state index contributed by atoms with van der Waals surface area (Å²) in [5, 5.41) is 5.65. The number of hydrogen-bond acceptors (Lipinski definition) is 0. The van der Waals surface area contributed by atoms with Gasteiger partial charge in [-0.25, -0.2) is 0 Å². The Bertz CT molecular complexity index is 1540. The van der Waals surface area contributed by atoms with Crippen LogP contribution in [0.25, 0.3) is 33.7 Å². The maximum atomic E-state index is 2.63. The van der Waals surface area contributed by atoms with Crippen LogP contribution in [0.5, 0.6) is 0 Å². The molecule has 44 heavy (non-hydrogen) atoms. The van der Waals surface area contributed by atoms with Crippen LogP contribution < -0.4 is 0 Å². The molecule has 4 aromatic rings. The minimum absolute atomic E-state index is 0.370. The Balaban J connectivity index is 0.000000625. The molecule has 1 heterocycles. The monoisotopic (exact) mass is 764 g/mol. The van der Waals surface area contributed by atoms with Crippen molar-refractivity contribution in [1.82, 2.24) is 0 Å². The Labute approximate surface area is 281 Å². The van der Waals surface area contributed by atoms with E-state index >= 15 is 0 Å². The van der Waals surface area contributed by atoms with Gasteiger partial charge in [0.15, 0.2) is 0 Å². The zero-order valence-corrected chi connectivity index (χ0v) is 32.7. The van der Waals surface area contributed by atoms with Crippen LogP contribution >= 0.6 is 0 Å². The van der Waals surface area contributed by atoms with Gasteiger partial charge in [0.1, 0.15) is 0 Å². The summed E-state index contributed by atoms with van der Waals surface area (Å²) in [5.74, 6) is 1.11. The molecule has 7 rings (SSSR count). The summed E-state index contributed by atoms with van der Waals surface area (Å²) in [6, 6.07) is 31.3. The molecule has 0 aromatic heterocycles. The van der Waals surface area contributed by atoms with Gasteiger partial charge in [0.05, 0.1) is 0 Å². The average molecular weight is 763 g/mol. The van der Waals surface area contributed by atoms with Gasteiger partial charge in [0.2, 0.25) is 0 Å². The molecule has 4 aromatic carbocycles. The van der Waals surface area contributed by atoms with Gasteiger partial charge in [0.25, 0.3) is 0 Å². The Morgan fingerprint density at radius 3 is 1.61 bits per heavy atom. The van der Waals surface area contributed by atoms with Crippen LogP contribution in [0.15, 0.2) is 83.9 Å². The van der Waals surface area contributed by atoms with Crippen LogP contribution in [-0.4, -0.2) is 9.52 Å². The molecule has 0 saturated carbocycles. The van der Waals surface area contributed by atoms with Crippen molar-refractivity contribution in [1.29, 1.82) is 0 Å². The quantitative estimate of drug-likeness (QED) is 0.111. The molecule has 2 atom stereocenters. The molecule has 1 saturated heterocycles. The van der Waals surface area contributed by atoms with E-state index in [1.807, 2.05) is 0 Å². The first kappa shape index (κ1) is 31.9. The zero-order chi connectivity index (χ0) is 30.5. The van der Waals surface area contributed by atoms with Gasteiger partial charge in [-0.2, -0.15) is 0 Å². The number of benzene rings is 4.